The van der Waals surface area contributed by atoms with Gasteiger partial charge in [0.15, 0.2) is 0 Å². The monoisotopic (exact) mass is 408 g/mol. The topological polar surface area (TPSA) is 149 Å². The van der Waals surface area contributed by atoms with Gasteiger partial charge in [0.2, 0.25) is 0 Å². The minimum atomic E-state index is -1.44. The molecule has 8 nitrogen and oxygen atoms in total. The molecule has 0 heterocycles. The molecule has 0 saturated carbocycles. The second-order valence-electron chi connectivity index (χ2n) is 7.08. The van der Waals surface area contributed by atoms with Crippen molar-refractivity contribution in [1.29, 1.82) is 0 Å². The third-order valence-electron chi connectivity index (χ3n) is 5.01. The van der Waals surface area contributed by atoms with E-state index in [4.69, 9.17) is 0 Å². The first kappa shape index (κ1) is 24.1. The fourth-order valence-electron chi connectivity index (χ4n) is 3.65. The Balaban J connectivity index is 3.76. The van der Waals surface area contributed by atoms with Gasteiger partial charge in [0.25, 0.3) is 0 Å². The molecule has 0 radical (unpaired) electrons. The first-order valence-electron chi connectivity index (χ1n) is 9.71. The summed E-state index contributed by atoms with van der Waals surface area (Å²) in [6, 6.07) is 0. The van der Waals surface area contributed by atoms with Crippen LogP contribution in [0, 0.1) is 11.8 Å². The van der Waals surface area contributed by atoms with Crippen molar-refractivity contribution < 1.29 is 39.6 Å². The molecule has 0 fully saturated rings. The highest BCUT2D eigenvalue weighted by Gasteiger charge is 2.37. The first-order chi connectivity index (χ1) is 13.6. The van der Waals surface area contributed by atoms with E-state index >= 15 is 0 Å². The average molecular weight is 408 g/mol. The molecule has 0 bridgehead atoms. The lowest BCUT2D eigenvalue weighted by atomic mass is 9.76. The van der Waals surface area contributed by atoms with Crippen LogP contribution < -0.4 is 0 Å². The van der Waals surface area contributed by atoms with Gasteiger partial charge < -0.3 is 20.4 Å². The van der Waals surface area contributed by atoms with E-state index in [1.807, 2.05) is 13.8 Å². The first-order valence-corrected chi connectivity index (χ1v) is 9.71. The Morgan fingerprint density at radius 1 is 0.828 bits per heavy atom. The molecule has 0 aromatic rings. The van der Waals surface area contributed by atoms with Gasteiger partial charge in [-0.05, 0) is 31.6 Å². The summed E-state index contributed by atoms with van der Waals surface area (Å²) in [5.41, 5.74) is -1.45. The van der Waals surface area contributed by atoms with Crippen molar-refractivity contribution in [3.63, 3.8) is 0 Å². The lowest BCUT2D eigenvalue weighted by Crippen LogP contribution is -2.28. The second-order valence-corrected chi connectivity index (χ2v) is 7.08. The maximum absolute atomic E-state index is 12.0. The third kappa shape index (κ3) is 6.30. The maximum atomic E-state index is 12.0. The van der Waals surface area contributed by atoms with Gasteiger partial charge in [-0.3, -0.25) is 0 Å². The molecule has 1 rings (SSSR count). The standard InChI is InChI=1S/C21H28O8/c1-3-5-7-9-13-11-15(19(24)25)16(20(26)27)12(8-6-4-2)10-14(18(22)23)17(13)21(28)29/h7,9,12-13H,3-6,8,10-11H2,1-2H3,(H,22,23)(H,24,25)(H,26,27)(H,28,29)/b9-7?,16-15-,17-14-. The summed E-state index contributed by atoms with van der Waals surface area (Å²) in [4.78, 5) is 47.7. The predicted molar refractivity (Wildman–Crippen MR) is 104 cm³/mol. The van der Waals surface area contributed by atoms with Crippen LogP contribution in [0.15, 0.2) is 34.4 Å². The highest BCUT2D eigenvalue weighted by molar-refractivity contribution is 6.03. The second kappa shape index (κ2) is 11.2. The zero-order valence-corrected chi connectivity index (χ0v) is 16.7. The highest BCUT2D eigenvalue weighted by atomic mass is 16.4. The van der Waals surface area contributed by atoms with E-state index in [-0.39, 0.29) is 35.1 Å². The van der Waals surface area contributed by atoms with Gasteiger partial charge in [0.1, 0.15) is 0 Å². The molecule has 0 aromatic heterocycles. The number of rotatable bonds is 10. The Morgan fingerprint density at radius 2 is 1.38 bits per heavy atom. The van der Waals surface area contributed by atoms with Crippen LogP contribution in [0.4, 0.5) is 0 Å². The minimum Gasteiger partial charge on any atom is -0.478 e. The van der Waals surface area contributed by atoms with E-state index in [0.717, 1.165) is 6.42 Å². The maximum Gasteiger partial charge on any atom is 0.332 e. The molecule has 8 heteroatoms. The van der Waals surface area contributed by atoms with E-state index in [2.05, 4.69) is 0 Å². The zero-order valence-electron chi connectivity index (χ0n) is 16.7. The summed E-state index contributed by atoms with van der Waals surface area (Å²) in [5.74, 6) is -7.64. The van der Waals surface area contributed by atoms with Crippen LogP contribution in [0.3, 0.4) is 0 Å². The molecule has 0 spiro atoms. The summed E-state index contributed by atoms with van der Waals surface area (Å²) in [5, 5.41) is 38.8. The Kier molecular flexibility index (Phi) is 9.31. The normalized spacial score (nSPS) is 25.4. The number of allylic oxidation sites excluding steroid dienone is 2. The van der Waals surface area contributed by atoms with Gasteiger partial charge in [0.05, 0.1) is 11.1 Å². The van der Waals surface area contributed by atoms with Crippen molar-refractivity contribution in [2.45, 2.75) is 58.8 Å². The van der Waals surface area contributed by atoms with E-state index in [1.165, 1.54) is 6.08 Å². The summed E-state index contributed by atoms with van der Waals surface area (Å²) in [7, 11) is 0. The molecule has 0 saturated heterocycles. The molecule has 1 aliphatic rings. The number of carboxylic acid groups (broad SMARTS) is 4. The van der Waals surface area contributed by atoms with Crippen LogP contribution in [0.25, 0.3) is 0 Å². The van der Waals surface area contributed by atoms with Crippen molar-refractivity contribution in [2.24, 2.45) is 11.8 Å². The molecule has 2 atom stereocenters. The van der Waals surface area contributed by atoms with Crippen LogP contribution in [0.5, 0.6) is 0 Å². The largest absolute Gasteiger partial charge is 0.478 e. The molecule has 4 N–H and O–H groups in total. The minimum absolute atomic E-state index is 0.259. The molecule has 2 unspecified atom stereocenters. The molecule has 0 aliphatic heterocycles. The lowest BCUT2D eigenvalue weighted by molar-refractivity contribution is -0.137. The summed E-state index contributed by atoms with van der Waals surface area (Å²) >= 11 is 0. The molecule has 0 aromatic carbocycles. The number of hydrogen-bond acceptors (Lipinski definition) is 4. The van der Waals surface area contributed by atoms with Crippen molar-refractivity contribution >= 4 is 23.9 Å². The fourth-order valence-corrected chi connectivity index (χ4v) is 3.65. The Bertz CT molecular complexity index is 757. The van der Waals surface area contributed by atoms with Crippen molar-refractivity contribution in [1.82, 2.24) is 0 Å². The van der Waals surface area contributed by atoms with Gasteiger partial charge in [-0.15, -0.1) is 0 Å². The smallest absolute Gasteiger partial charge is 0.332 e. The molecular weight excluding hydrogens is 380 g/mol. The predicted octanol–water partition coefficient (Wildman–Crippen LogP) is 3.49. The van der Waals surface area contributed by atoms with Gasteiger partial charge >= 0.3 is 23.9 Å². The van der Waals surface area contributed by atoms with Gasteiger partial charge in [-0.1, -0.05) is 45.3 Å². The number of aliphatic carboxylic acids is 4. The summed E-state index contributed by atoms with van der Waals surface area (Å²) in [6.07, 6.45) is 5.30. The summed E-state index contributed by atoms with van der Waals surface area (Å²) < 4.78 is 0. The van der Waals surface area contributed by atoms with E-state index in [1.54, 1.807) is 6.08 Å². The Hall–Kier alpha value is -2.90. The summed E-state index contributed by atoms with van der Waals surface area (Å²) in [6.45, 7) is 3.78. The lowest BCUT2D eigenvalue weighted by Gasteiger charge is -2.27. The molecule has 0 amide bonds. The van der Waals surface area contributed by atoms with Crippen LogP contribution in [0.2, 0.25) is 0 Å². The Labute approximate surface area is 169 Å². The molecule has 1 aliphatic carbocycles. The number of carboxylic acids is 4. The van der Waals surface area contributed by atoms with E-state index in [9.17, 15) is 39.6 Å². The quantitative estimate of drug-likeness (QED) is 0.401. The van der Waals surface area contributed by atoms with Gasteiger partial charge in [-0.25, -0.2) is 19.2 Å². The van der Waals surface area contributed by atoms with Gasteiger partial charge in [-0.2, -0.15) is 0 Å². The number of unbranched alkanes of at least 4 members (excludes halogenated alkanes) is 2. The number of hydrogen-bond donors (Lipinski definition) is 4. The van der Waals surface area contributed by atoms with Crippen LogP contribution in [-0.2, 0) is 19.2 Å². The highest BCUT2D eigenvalue weighted by Crippen LogP contribution is 2.38. The molecular formula is C21H28O8. The van der Waals surface area contributed by atoms with Crippen LogP contribution in [-0.4, -0.2) is 44.3 Å². The fraction of sp³-hybridized carbons (Fsp3) is 0.524. The molecule has 29 heavy (non-hydrogen) atoms. The number of carbonyl (C=O) groups is 4. The average Bonchev–Trinajstić information content (AvgIpc) is 2.61. The zero-order chi connectivity index (χ0) is 22.1. The third-order valence-corrected chi connectivity index (χ3v) is 5.01. The van der Waals surface area contributed by atoms with Gasteiger partial charge in [0, 0.05) is 17.1 Å². The molecule has 160 valence electrons. The van der Waals surface area contributed by atoms with Crippen molar-refractivity contribution in [3.8, 4) is 0 Å². The van der Waals surface area contributed by atoms with Crippen LogP contribution in [0.1, 0.15) is 58.8 Å². The van der Waals surface area contributed by atoms with Crippen molar-refractivity contribution in [3.05, 3.63) is 34.4 Å². The Morgan fingerprint density at radius 3 is 1.83 bits per heavy atom. The van der Waals surface area contributed by atoms with Crippen LogP contribution >= 0.6 is 0 Å². The SMILES string of the molecule is CCCC=CC1C/C(C(=O)O)=C(/C(=O)O)C(CCCC)C/C(C(=O)O)=C\1C(=O)O. The van der Waals surface area contributed by atoms with E-state index < -0.39 is 42.1 Å². The van der Waals surface area contributed by atoms with Crippen molar-refractivity contribution in [2.75, 3.05) is 0 Å². The van der Waals surface area contributed by atoms with E-state index in [0.29, 0.717) is 19.3 Å².